The lowest BCUT2D eigenvalue weighted by Gasteiger charge is -2.18. The minimum absolute atomic E-state index is 0.0470. The van der Waals surface area contributed by atoms with Crippen molar-refractivity contribution in [3.05, 3.63) is 53.9 Å². The number of hydrogen-bond acceptors (Lipinski definition) is 4. The van der Waals surface area contributed by atoms with Crippen molar-refractivity contribution in [2.75, 3.05) is 18.4 Å². The minimum Gasteiger partial charge on any atom is -0.328 e. The van der Waals surface area contributed by atoms with E-state index in [1.807, 2.05) is 11.5 Å². The first-order valence-corrected chi connectivity index (χ1v) is 12.4. The third kappa shape index (κ3) is 5.56. The Morgan fingerprint density at radius 2 is 1.73 bits per heavy atom. The van der Waals surface area contributed by atoms with Crippen LogP contribution in [-0.2, 0) is 27.8 Å². The molecule has 0 unspecified atom stereocenters. The van der Waals surface area contributed by atoms with Gasteiger partial charge in [0, 0.05) is 44.2 Å². The maximum atomic E-state index is 13.3. The molecule has 178 valence electrons. The van der Waals surface area contributed by atoms with E-state index in [4.69, 9.17) is 0 Å². The van der Waals surface area contributed by atoms with Gasteiger partial charge in [0.2, 0.25) is 15.9 Å². The van der Waals surface area contributed by atoms with Crippen LogP contribution in [0.15, 0.2) is 41.3 Å². The van der Waals surface area contributed by atoms with Crippen molar-refractivity contribution in [1.29, 1.82) is 0 Å². The standard InChI is InChI=1S/C23H28F2N4O3S/c1-4-11-29-21-8-7-19(33(31,32)28(5-2)6-3)15-20(21)27-22(29)9-10-23(30)26-18-13-16(24)12-17(25)14-18/h7-8,12-15H,4-6,9-11H2,1-3H3,(H,26,30). The molecule has 0 atom stereocenters. The largest absolute Gasteiger partial charge is 0.328 e. The van der Waals surface area contributed by atoms with Gasteiger partial charge in [-0.25, -0.2) is 22.2 Å². The molecule has 2 aromatic carbocycles. The molecule has 0 fully saturated rings. The van der Waals surface area contributed by atoms with Crippen molar-refractivity contribution in [1.82, 2.24) is 13.9 Å². The number of sulfonamides is 1. The van der Waals surface area contributed by atoms with Gasteiger partial charge in [0.25, 0.3) is 0 Å². The zero-order valence-electron chi connectivity index (χ0n) is 18.9. The number of carbonyl (C=O) groups excluding carboxylic acids is 1. The van der Waals surface area contributed by atoms with E-state index in [0.29, 0.717) is 31.0 Å². The summed E-state index contributed by atoms with van der Waals surface area (Å²) in [6.45, 7) is 6.99. The van der Waals surface area contributed by atoms with Crippen LogP contribution in [0.5, 0.6) is 0 Å². The van der Waals surface area contributed by atoms with Crippen LogP contribution in [0.1, 0.15) is 39.4 Å². The predicted molar refractivity (Wildman–Crippen MR) is 123 cm³/mol. The number of benzene rings is 2. The van der Waals surface area contributed by atoms with Gasteiger partial charge in [-0.15, -0.1) is 0 Å². The fourth-order valence-electron chi connectivity index (χ4n) is 3.77. The summed E-state index contributed by atoms with van der Waals surface area (Å²) in [6, 6.07) is 7.72. The number of nitrogens with one attached hydrogen (secondary N) is 1. The zero-order valence-corrected chi connectivity index (χ0v) is 19.8. The van der Waals surface area contributed by atoms with Gasteiger partial charge in [-0.1, -0.05) is 20.8 Å². The molecule has 0 saturated carbocycles. The number of carbonyl (C=O) groups is 1. The maximum Gasteiger partial charge on any atom is 0.243 e. The lowest BCUT2D eigenvalue weighted by molar-refractivity contribution is -0.116. The predicted octanol–water partition coefficient (Wildman–Crippen LogP) is 4.33. The topological polar surface area (TPSA) is 84.3 Å². The van der Waals surface area contributed by atoms with Crippen LogP contribution in [0, 0.1) is 11.6 Å². The Morgan fingerprint density at radius 3 is 2.33 bits per heavy atom. The summed E-state index contributed by atoms with van der Waals surface area (Å²) < 4.78 is 55.8. The van der Waals surface area contributed by atoms with Gasteiger partial charge in [-0.3, -0.25) is 4.79 Å². The molecule has 33 heavy (non-hydrogen) atoms. The monoisotopic (exact) mass is 478 g/mol. The molecule has 0 bridgehead atoms. The van der Waals surface area contributed by atoms with E-state index in [2.05, 4.69) is 10.3 Å². The number of imidazole rings is 1. The summed E-state index contributed by atoms with van der Waals surface area (Å²) >= 11 is 0. The summed E-state index contributed by atoms with van der Waals surface area (Å²) in [5, 5.41) is 2.49. The molecule has 1 heterocycles. The van der Waals surface area contributed by atoms with Crippen LogP contribution in [0.3, 0.4) is 0 Å². The normalized spacial score (nSPS) is 11.9. The molecule has 1 N–H and O–H groups in total. The Balaban J connectivity index is 1.84. The van der Waals surface area contributed by atoms with Crippen molar-refractivity contribution < 1.29 is 22.0 Å². The van der Waals surface area contributed by atoms with E-state index in [1.54, 1.807) is 32.0 Å². The molecule has 0 aliphatic heterocycles. The van der Waals surface area contributed by atoms with Crippen LogP contribution in [0.2, 0.25) is 0 Å². The molecular formula is C23H28F2N4O3S. The summed E-state index contributed by atoms with van der Waals surface area (Å²) in [5.41, 5.74) is 1.38. The summed E-state index contributed by atoms with van der Waals surface area (Å²) in [4.78, 5) is 17.1. The SMILES string of the molecule is CCCn1c(CCC(=O)Nc2cc(F)cc(F)c2)nc2cc(S(=O)(=O)N(CC)CC)ccc21. The minimum atomic E-state index is -3.62. The molecule has 0 aliphatic carbocycles. The smallest absolute Gasteiger partial charge is 0.243 e. The molecule has 0 saturated heterocycles. The highest BCUT2D eigenvalue weighted by Crippen LogP contribution is 2.24. The fraction of sp³-hybridized carbons (Fsp3) is 0.391. The molecule has 3 rings (SSSR count). The van der Waals surface area contributed by atoms with Crippen molar-refractivity contribution in [3.63, 3.8) is 0 Å². The third-order valence-corrected chi connectivity index (χ3v) is 7.36. The average Bonchev–Trinajstić information content (AvgIpc) is 3.09. The Bertz CT molecular complexity index is 1230. The van der Waals surface area contributed by atoms with Crippen molar-refractivity contribution in [3.8, 4) is 0 Å². The first-order valence-electron chi connectivity index (χ1n) is 10.9. The Labute approximate surface area is 192 Å². The number of fused-ring (bicyclic) bond motifs is 1. The van der Waals surface area contributed by atoms with E-state index < -0.39 is 27.6 Å². The number of aromatic nitrogens is 2. The van der Waals surface area contributed by atoms with Gasteiger partial charge >= 0.3 is 0 Å². The number of rotatable bonds is 10. The van der Waals surface area contributed by atoms with Crippen molar-refractivity contribution in [2.24, 2.45) is 0 Å². The van der Waals surface area contributed by atoms with E-state index in [0.717, 1.165) is 30.1 Å². The molecule has 0 aliphatic rings. The maximum absolute atomic E-state index is 13.3. The quantitative estimate of drug-likeness (QED) is 0.470. The number of hydrogen-bond donors (Lipinski definition) is 1. The van der Waals surface area contributed by atoms with Crippen LogP contribution in [0.25, 0.3) is 11.0 Å². The third-order valence-electron chi connectivity index (χ3n) is 5.31. The van der Waals surface area contributed by atoms with E-state index >= 15 is 0 Å². The van der Waals surface area contributed by atoms with Crippen LogP contribution in [-0.4, -0.2) is 41.3 Å². The molecule has 10 heteroatoms. The Kier molecular flexibility index (Phi) is 7.80. The molecular weight excluding hydrogens is 450 g/mol. The Morgan fingerprint density at radius 1 is 1.06 bits per heavy atom. The highest BCUT2D eigenvalue weighted by Gasteiger charge is 2.23. The Hall–Kier alpha value is -2.85. The second-order valence-electron chi connectivity index (χ2n) is 7.63. The second kappa shape index (κ2) is 10.4. The van der Waals surface area contributed by atoms with Crippen LogP contribution >= 0.6 is 0 Å². The van der Waals surface area contributed by atoms with E-state index in [-0.39, 0.29) is 23.4 Å². The van der Waals surface area contributed by atoms with Crippen molar-refractivity contribution in [2.45, 2.75) is 51.5 Å². The highest BCUT2D eigenvalue weighted by molar-refractivity contribution is 7.89. The highest BCUT2D eigenvalue weighted by atomic mass is 32.2. The van der Waals surface area contributed by atoms with Gasteiger partial charge < -0.3 is 9.88 Å². The summed E-state index contributed by atoms with van der Waals surface area (Å²) in [6.07, 6.45) is 1.17. The lowest BCUT2D eigenvalue weighted by atomic mass is 10.2. The zero-order chi connectivity index (χ0) is 24.2. The van der Waals surface area contributed by atoms with Gasteiger partial charge in [-0.2, -0.15) is 4.31 Å². The first-order chi connectivity index (χ1) is 15.7. The van der Waals surface area contributed by atoms with Crippen LogP contribution in [0.4, 0.5) is 14.5 Å². The lowest BCUT2D eigenvalue weighted by Crippen LogP contribution is -2.30. The molecule has 0 radical (unpaired) electrons. The van der Waals surface area contributed by atoms with E-state index in [9.17, 15) is 22.0 Å². The molecule has 1 aromatic heterocycles. The van der Waals surface area contributed by atoms with Gasteiger partial charge in [-0.05, 0) is 36.8 Å². The molecule has 3 aromatic rings. The molecule has 7 nitrogen and oxygen atoms in total. The first kappa shape index (κ1) is 24.8. The second-order valence-corrected chi connectivity index (χ2v) is 9.56. The summed E-state index contributed by atoms with van der Waals surface area (Å²) in [7, 11) is -3.62. The average molecular weight is 479 g/mol. The van der Waals surface area contributed by atoms with Crippen molar-refractivity contribution >= 4 is 32.7 Å². The van der Waals surface area contributed by atoms with Gasteiger partial charge in [0.15, 0.2) is 0 Å². The fourth-order valence-corrected chi connectivity index (χ4v) is 5.25. The molecule has 1 amide bonds. The van der Waals surface area contributed by atoms with Gasteiger partial charge in [0.05, 0.1) is 15.9 Å². The summed E-state index contributed by atoms with van der Waals surface area (Å²) in [5.74, 6) is -1.30. The van der Waals surface area contributed by atoms with E-state index in [1.165, 1.54) is 4.31 Å². The number of halogens is 2. The number of amides is 1. The number of aryl methyl sites for hydroxylation is 2. The van der Waals surface area contributed by atoms with Gasteiger partial charge in [0.1, 0.15) is 17.5 Å². The molecule has 0 spiro atoms. The van der Waals surface area contributed by atoms with Crippen LogP contribution < -0.4 is 5.32 Å². The number of nitrogens with zero attached hydrogens (tertiary/aromatic N) is 3. The number of anilines is 1.